The van der Waals surface area contributed by atoms with Crippen LogP contribution in [0.5, 0.6) is 11.5 Å². The van der Waals surface area contributed by atoms with Crippen molar-refractivity contribution in [2.24, 2.45) is 0 Å². The molecule has 0 radical (unpaired) electrons. The molecule has 3 heteroatoms. The van der Waals surface area contributed by atoms with Crippen LogP contribution in [0.1, 0.15) is 42.9 Å². The zero-order valence-electron chi connectivity index (χ0n) is 15.1. The maximum absolute atomic E-state index is 5.43. The number of hydrogen-bond acceptors (Lipinski definition) is 2. The molecule has 2 nitrogen and oxygen atoms in total. The van der Waals surface area contributed by atoms with Crippen LogP contribution in [0.4, 0.5) is 0 Å². The Morgan fingerprint density at radius 1 is 0.960 bits per heavy atom. The zero-order chi connectivity index (χ0) is 16.7. The molecule has 0 heterocycles. The van der Waals surface area contributed by atoms with Crippen LogP contribution in [-0.2, 0) is 11.8 Å². The van der Waals surface area contributed by atoms with Crippen molar-refractivity contribution in [1.82, 2.24) is 0 Å². The Bertz CT molecular complexity index is 825. The van der Waals surface area contributed by atoms with E-state index < -0.39 is 0 Å². The van der Waals surface area contributed by atoms with Crippen LogP contribution in [0.15, 0.2) is 48.0 Å². The van der Waals surface area contributed by atoms with Gasteiger partial charge in [0.05, 0.1) is 14.2 Å². The van der Waals surface area contributed by atoms with Crippen LogP contribution >= 0.6 is 12.4 Å². The Labute approximate surface area is 156 Å². The van der Waals surface area contributed by atoms with E-state index in [2.05, 4.69) is 43.3 Å². The molecule has 2 aromatic carbocycles. The number of hydrogen-bond donors (Lipinski definition) is 0. The molecule has 1 atom stereocenters. The molecule has 4 rings (SSSR count). The monoisotopic (exact) mass is 356 g/mol. The van der Waals surface area contributed by atoms with E-state index in [0.717, 1.165) is 30.8 Å². The first kappa shape index (κ1) is 17.9. The lowest BCUT2D eigenvalue weighted by Crippen LogP contribution is -2.26. The fraction of sp³-hybridized carbons (Fsp3) is 0.364. The topological polar surface area (TPSA) is 18.5 Å². The maximum Gasteiger partial charge on any atom is 0.119 e. The van der Waals surface area contributed by atoms with E-state index in [1.165, 1.54) is 23.1 Å². The minimum Gasteiger partial charge on any atom is -0.497 e. The summed E-state index contributed by atoms with van der Waals surface area (Å²) in [5.41, 5.74) is 7.62. The fourth-order valence-corrected chi connectivity index (χ4v) is 4.33. The normalized spacial score (nSPS) is 21.2. The lowest BCUT2D eigenvalue weighted by atomic mass is 9.69. The standard InChI is InChI=1S/C22H24O2.ClH/c1-22(17-5-4-6-18(12-17)23-2)10-9-20-16(14-22)11-15-7-8-19(24-3)13-21(15)20;/h4-8,12-13H,9-11,14H2,1-3H3;1H. The van der Waals surface area contributed by atoms with Gasteiger partial charge in [-0.05, 0) is 77.6 Å². The van der Waals surface area contributed by atoms with E-state index >= 15 is 0 Å². The van der Waals surface area contributed by atoms with Gasteiger partial charge in [0.15, 0.2) is 0 Å². The van der Waals surface area contributed by atoms with Gasteiger partial charge in [-0.25, -0.2) is 0 Å². The average molecular weight is 357 g/mol. The molecule has 2 aliphatic carbocycles. The molecule has 0 N–H and O–H groups in total. The number of methoxy groups -OCH3 is 2. The summed E-state index contributed by atoms with van der Waals surface area (Å²) in [6, 6.07) is 15.1. The van der Waals surface area contributed by atoms with E-state index in [9.17, 15) is 0 Å². The number of ether oxygens (including phenoxy) is 2. The minimum absolute atomic E-state index is 0. The average Bonchev–Trinajstić information content (AvgIpc) is 2.97. The molecule has 2 aromatic rings. The first-order valence-electron chi connectivity index (χ1n) is 8.66. The van der Waals surface area contributed by atoms with Crippen molar-refractivity contribution in [3.05, 3.63) is 64.7 Å². The largest absolute Gasteiger partial charge is 0.497 e. The van der Waals surface area contributed by atoms with Crippen LogP contribution in [0.2, 0.25) is 0 Å². The van der Waals surface area contributed by atoms with E-state index in [4.69, 9.17) is 9.47 Å². The molecule has 0 amide bonds. The van der Waals surface area contributed by atoms with E-state index in [1.807, 2.05) is 6.07 Å². The summed E-state index contributed by atoms with van der Waals surface area (Å²) >= 11 is 0. The van der Waals surface area contributed by atoms with Crippen LogP contribution in [0.3, 0.4) is 0 Å². The third-order valence-corrected chi connectivity index (χ3v) is 5.77. The zero-order valence-corrected chi connectivity index (χ0v) is 15.9. The van der Waals surface area contributed by atoms with Gasteiger partial charge in [0.2, 0.25) is 0 Å². The van der Waals surface area contributed by atoms with Gasteiger partial charge in [0, 0.05) is 0 Å². The summed E-state index contributed by atoms with van der Waals surface area (Å²) in [6.45, 7) is 2.40. The highest BCUT2D eigenvalue weighted by atomic mass is 35.5. The highest BCUT2D eigenvalue weighted by Crippen LogP contribution is 2.50. The first-order valence-corrected chi connectivity index (χ1v) is 8.66. The molecule has 0 saturated carbocycles. The molecular formula is C22H25ClO2. The van der Waals surface area contributed by atoms with Gasteiger partial charge in [-0.1, -0.05) is 30.7 Å². The molecule has 0 aliphatic heterocycles. The summed E-state index contributed by atoms with van der Waals surface area (Å²) in [6.07, 6.45) is 4.54. The maximum atomic E-state index is 5.43. The summed E-state index contributed by atoms with van der Waals surface area (Å²) in [7, 11) is 3.48. The van der Waals surface area contributed by atoms with Gasteiger partial charge in [-0.15, -0.1) is 12.4 Å². The second-order valence-corrected chi connectivity index (χ2v) is 7.25. The molecule has 1 unspecified atom stereocenters. The molecule has 0 bridgehead atoms. The molecule has 0 fully saturated rings. The first-order chi connectivity index (χ1) is 11.6. The molecule has 132 valence electrons. The number of allylic oxidation sites excluding steroid dienone is 2. The summed E-state index contributed by atoms with van der Waals surface area (Å²) in [4.78, 5) is 0. The Hall–Kier alpha value is -1.93. The molecule has 25 heavy (non-hydrogen) atoms. The quantitative estimate of drug-likeness (QED) is 0.715. The van der Waals surface area contributed by atoms with E-state index in [1.54, 1.807) is 25.4 Å². The number of benzene rings is 2. The highest BCUT2D eigenvalue weighted by Gasteiger charge is 2.36. The molecular weight excluding hydrogens is 332 g/mol. The van der Waals surface area contributed by atoms with Crippen molar-refractivity contribution in [2.75, 3.05) is 14.2 Å². The molecule has 0 saturated heterocycles. The molecule has 0 aromatic heterocycles. The van der Waals surface area contributed by atoms with Crippen molar-refractivity contribution in [2.45, 2.75) is 38.0 Å². The van der Waals surface area contributed by atoms with Crippen molar-refractivity contribution in [3.63, 3.8) is 0 Å². The number of rotatable bonds is 3. The van der Waals surface area contributed by atoms with Gasteiger partial charge in [-0.3, -0.25) is 0 Å². The summed E-state index contributed by atoms with van der Waals surface area (Å²) in [5, 5.41) is 0. The van der Waals surface area contributed by atoms with Crippen LogP contribution < -0.4 is 9.47 Å². The lowest BCUT2D eigenvalue weighted by molar-refractivity contribution is 0.400. The number of halogens is 1. The lowest BCUT2D eigenvalue weighted by Gasteiger charge is -2.35. The van der Waals surface area contributed by atoms with Gasteiger partial charge < -0.3 is 9.47 Å². The fourth-order valence-electron chi connectivity index (χ4n) is 4.33. The van der Waals surface area contributed by atoms with Crippen molar-refractivity contribution < 1.29 is 9.47 Å². The Morgan fingerprint density at radius 3 is 2.48 bits per heavy atom. The second-order valence-electron chi connectivity index (χ2n) is 7.25. The predicted molar refractivity (Wildman–Crippen MR) is 105 cm³/mol. The SMILES string of the molecule is COc1cccc(C2(C)CCC3=C(Cc4ccc(OC)cc43)C2)c1.Cl. The third kappa shape index (κ3) is 3.04. The number of fused-ring (bicyclic) bond motifs is 2. The van der Waals surface area contributed by atoms with Crippen molar-refractivity contribution in [1.29, 1.82) is 0 Å². The Balaban J connectivity index is 0.00000182. The van der Waals surface area contributed by atoms with Gasteiger partial charge in [0.25, 0.3) is 0 Å². The molecule has 0 spiro atoms. The van der Waals surface area contributed by atoms with Crippen LogP contribution in [-0.4, -0.2) is 14.2 Å². The van der Waals surface area contributed by atoms with Crippen molar-refractivity contribution >= 4 is 18.0 Å². The predicted octanol–water partition coefficient (Wildman–Crippen LogP) is 5.58. The van der Waals surface area contributed by atoms with Crippen LogP contribution in [0.25, 0.3) is 5.57 Å². The minimum atomic E-state index is 0. The van der Waals surface area contributed by atoms with Gasteiger partial charge in [0.1, 0.15) is 11.5 Å². The Kier molecular flexibility index (Phi) is 4.83. The highest BCUT2D eigenvalue weighted by molar-refractivity contribution is 5.85. The third-order valence-electron chi connectivity index (χ3n) is 5.77. The van der Waals surface area contributed by atoms with Crippen LogP contribution in [0, 0.1) is 0 Å². The van der Waals surface area contributed by atoms with E-state index in [0.29, 0.717) is 0 Å². The van der Waals surface area contributed by atoms with Gasteiger partial charge in [-0.2, -0.15) is 0 Å². The smallest absolute Gasteiger partial charge is 0.119 e. The van der Waals surface area contributed by atoms with E-state index in [-0.39, 0.29) is 17.8 Å². The van der Waals surface area contributed by atoms with Crippen molar-refractivity contribution in [3.8, 4) is 11.5 Å². The molecule has 2 aliphatic rings. The van der Waals surface area contributed by atoms with Gasteiger partial charge >= 0.3 is 0 Å². The summed E-state index contributed by atoms with van der Waals surface area (Å²) in [5.74, 6) is 1.91. The Morgan fingerprint density at radius 2 is 1.72 bits per heavy atom. The summed E-state index contributed by atoms with van der Waals surface area (Å²) < 4.78 is 10.8. The second kappa shape index (κ2) is 6.76.